The summed E-state index contributed by atoms with van der Waals surface area (Å²) in [6.07, 6.45) is 9.15. The van der Waals surface area contributed by atoms with Crippen LogP contribution in [0.5, 0.6) is 5.75 Å². The summed E-state index contributed by atoms with van der Waals surface area (Å²) in [5.41, 5.74) is 1.25. The fraction of sp³-hybridized carbons (Fsp3) is 0.647. The molecule has 1 rings (SSSR count). The molecule has 1 aromatic carbocycles. The zero-order valence-corrected chi connectivity index (χ0v) is 13.8. The van der Waals surface area contributed by atoms with Crippen LogP contribution in [0.2, 0.25) is 5.02 Å². The van der Waals surface area contributed by atoms with E-state index in [1.54, 1.807) is 7.11 Å². The van der Waals surface area contributed by atoms with Gasteiger partial charge >= 0.3 is 0 Å². The average Bonchev–Trinajstić information content (AvgIpc) is 2.47. The number of halogens is 1. The van der Waals surface area contributed by atoms with Crippen LogP contribution in [0.1, 0.15) is 63.5 Å². The van der Waals surface area contributed by atoms with Gasteiger partial charge in [-0.1, -0.05) is 63.1 Å². The van der Waals surface area contributed by atoms with Crippen LogP contribution in [0.3, 0.4) is 0 Å². The Labute approximate surface area is 128 Å². The number of unbranched alkanes of at least 4 members (excludes halogenated alkanes) is 5. The van der Waals surface area contributed by atoms with Crippen LogP contribution in [0, 0.1) is 0 Å². The first-order valence-electron chi connectivity index (χ1n) is 7.73. The van der Waals surface area contributed by atoms with Gasteiger partial charge in [-0.3, -0.25) is 0 Å². The Hall–Kier alpha value is -0.730. The van der Waals surface area contributed by atoms with Gasteiger partial charge in [-0.2, -0.15) is 0 Å². The molecule has 114 valence electrons. The molecule has 0 saturated heterocycles. The number of benzene rings is 1. The maximum atomic E-state index is 6.07. The quantitative estimate of drug-likeness (QED) is 0.587. The van der Waals surface area contributed by atoms with Crippen molar-refractivity contribution < 1.29 is 4.74 Å². The van der Waals surface area contributed by atoms with E-state index in [0.717, 1.165) is 12.2 Å². The second kappa shape index (κ2) is 10.1. The molecule has 1 atom stereocenters. The molecule has 0 aliphatic carbocycles. The molecule has 0 aliphatic rings. The molecule has 1 N–H and O–H groups in total. The number of rotatable bonds is 10. The van der Waals surface area contributed by atoms with Crippen molar-refractivity contribution >= 4 is 11.6 Å². The van der Waals surface area contributed by atoms with Crippen LogP contribution >= 0.6 is 11.6 Å². The van der Waals surface area contributed by atoms with Crippen LogP contribution in [-0.2, 0) is 0 Å². The number of nitrogens with one attached hydrogen (secondary N) is 1. The summed E-state index contributed by atoms with van der Waals surface area (Å²) in [5, 5.41) is 4.06. The normalized spacial score (nSPS) is 12.4. The zero-order valence-electron chi connectivity index (χ0n) is 13.0. The zero-order chi connectivity index (χ0) is 14.8. The van der Waals surface area contributed by atoms with Crippen molar-refractivity contribution in [2.24, 2.45) is 0 Å². The van der Waals surface area contributed by atoms with Crippen molar-refractivity contribution in [3.63, 3.8) is 0 Å². The highest BCUT2D eigenvalue weighted by atomic mass is 35.5. The number of ether oxygens (including phenoxy) is 1. The van der Waals surface area contributed by atoms with Gasteiger partial charge in [0.05, 0.1) is 12.1 Å². The van der Waals surface area contributed by atoms with E-state index < -0.39 is 0 Å². The van der Waals surface area contributed by atoms with Crippen molar-refractivity contribution in [1.29, 1.82) is 0 Å². The highest BCUT2D eigenvalue weighted by Crippen LogP contribution is 2.29. The molecular weight excluding hydrogens is 270 g/mol. The molecule has 1 aromatic rings. The Kier molecular flexibility index (Phi) is 8.72. The van der Waals surface area contributed by atoms with Gasteiger partial charge in [0.15, 0.2) is 0 Å². The molecule has 1 unspecified atom stereocenters. The highest BCUT2D eigenvalue weighted by Gasteiger charge is 2.11. The van der Waals surface area contributed by atoms with E-state index in [4.69, 9.17) is 16.3 Å². The standard InChI is InChI=1S/C17H28ClNO/c1-4-5-6-7-8-9-10-16(19-2)14-11-12-15(18)17(13-14)20-3/h11-13,16,19H,4-10H2,1-3H3. The fourth-order valence-corrected chi connectivity index (χ4v) is 2.69. The third-order valence-electron chi connectivity index (χ3n) is 3.77. The Morgan fingerprint density at radius 2 is 1.85 bits per heavy atom. The lowest BCUT2D eigenvalue weighted by atomic mass is 9.99. The molecule has 0 bridgehead atoms. The smallest absolute Gasteiger partial charge is 0.137 e. The third-order valence-corrected chi connectivity index (χ3v) is 4.08. The van der Waals surface area contributed by atoms with Crippen LogP contribution < -0.4 is 10.1 Å². The SMILES string of the molecule is CCCCCCCCC(NC)c1ccc(Cl)c(OC)c1. The van der Waals surface area contributed by atoms with Gasteiger partial charge in [0.2, 0.25) is 0 Å². The Balaban J connectivity index is 2.45. The van der Waals surface area contributed by atoms with Crippen molar-refractivity contribution in [3.05, 3.63) is 28.8 Å². The summed E-state index contributed by atoms with van der Waals surface area (Å²) in [6.45, 7) is 2.25. The minimum absolute atomic E-state index is 0.382. The van der Waals surface area contributed by atoms with E-state index in [1.165, 1.54) is 44.1 Å². The summed E-state index contributed by atoms with van der Waals surface area (Å²) < 4.78 is 5.29. The van der Waals surface area contributed by atoms with E-state index >= 15 is 0 Å². The van der Waals surface area contributed by atoms with Crippen molar-refractivity contribution in [2.75, 3.05) is 14.2 Å². The largest absolute Gasteiger partial charge is 0.495 e. The predicted molar refractivity (Wildman–Crippen MR) is 87.8 cm³/mol. The predicted octanol–water partition coefficient (Wildman–Crippen LogP) is 5.36. The van der Waals surface area contributed by atoms with Gasteiger partial charge in [0, 0.05) is 6.04 Å². The summed E-state index contributed by atoms with van der Waals surface area (Å²) in [4.78, 5) is 0. The summed E-state index contributed by atoms with van der Waals surface area (Å²) >= 11 is 6.07. The second-order valence-electron chi connectivity index (χ2n) is 5.29. The Bertz CT molecular complexity index is 381. The Morgan fingerprint density at radius 3 is 2.50 bits per heavy atom. The van der Waals surface area contributed by atoms with E-state index in [-0.39, 0.29) is 0 Å². The van der Waals surface area contributed by atoms with Crippen LogP contribution in [0.25, 0.3) is 0 Å². The van der Waals surface area contributed by atoms with Gasteiger partial charge in [0.25, 0.3) is 0 Å². The van der Waals surface area contributed by atoms with E-state index in [2.05, 4.69) is 18.3 Å². The lowest BCUT2D eigenvalue weighted by Gasteiger charge is -2.18. The first-order chi connectivity index (χ1) is 9.72. The first-order valence-corrected chi connectivity index (χ1v) is 8.11. The van der Waals surface area contributed by atoms with E-state index in [9.17, 15) is 0 Å². The van der Waals surface area contributed by atoms with Gasteiger partial charge < -0.3 is 10.1 Å². The minimum atomic E-state index is 0.382. The third kappa shape index (κ3) is 5.72. The van der Waals surface area contributed by atoms with Crippen molar-refractivity contribution in [3.8, 4) is 5.75 Å². The lowest BCUT2D eigenvalue weighted by molar-refractivity contribution is 0.412. The Morgan fingerprint density at radius 1 is 1.15 bits per heavy atom. The van der Waals surface area contributed by atoms with E-state index in [1.807, 2.05) is 19.2 Å². The number of hydrogen-bond donors (Lipinski definition) is 1. The maximum absolute atomic E-state index is 6.07. The summed E-state index contributed by atoms with van der Waals surface area (Å²) in [6, 6.07) is 6.43. The molecule has 0 aromatic heterocycles. The first kappa shape index (κ1) is 17.3. The molecule has 3 heteroatoms. The molecule has 0 fully saturated rings. The number of hydrogen-bond acceptors (Lipinski definition) is 2. The molecule has 0 aliphatic heterocycles. The monoisotopic (exact) mass is 297 g/mol. The molecule has 0 radical (unpaired) electrons. The highest BCUT2D eigenvalue weighted by molar-refractivity contribution is 6.32. The molecular formula is C17H28ClNO. The fourth-order valence-electron chi connectivity index (χ4n) is 2.50. The molecule has 20 heavy (non-hydrogen) atoms. The van der Waals surface area contributed by atoms with Crippen LogP contribution in [0.15, 0.2) is 18.2 Å². The molecule has 0 amide bonds. The molecule has 0 saturated carbocycles. The van der Waals surface area contributed by atoms with Gasteiger partial charge in [-0.05, 0) is 31.2 Å². The second-order valence-corrected chi connectivity index (χ2v) is 5.70. The lowest BCUT2D eigenvalue weighted by Crippen LogP contribution is -2.16. The van der Waals surface area contributed by atoms with Crippen LogP contribution in [-0.4, -0.2) is 14.2 Å². The van der Waals surface area contributed by atoms with E-state index in [0.29, 0.717) is 11.1 Å². The van der Waals surface area contributed by atoms with Crippen molar-refractivity contribution in [1.82, 2.24) is 5.32 Å². The topological polar surface area (TPSA) is 21.3 Å². The van der Waals surface area contributed by atoms with Gasteiger partial charge in [-0.15, -0.1) is 0 Å². The van der Waals surface area contributed by atoms with Gasteiger partial charge in [0.1, 0.15) is 5.75 Å². The summed E-state index contributed by atoms with van der Waals surface area (Å²) in [7, 11) is 3.68. The summed E-state index contributed by atoms with van der Waals surface area (Å²) in [5.74, 6) is 0.757. The number of methoxy groups -OCH3 is 1. The van der Waals surface area contributed by atoms with Crippen LogP contribution in [0.4, 0.5) is 0 Å². The maximum Gasteiger partial charge on any atom is 0.137 e. The molecule has 0 heterocycles. The minimum Gasteiger partial charge on any atom is -0.495 e. The molecule has 2 nitrogen and oxygen atoms in total. The average molecular weight is 298 g/mol. The van der Waals surface area contributed by atoms with Crippen molar-refractivity contribution in [2.45, 2.75) is 57.9 Å². The van der Waals surface area contributed by atoms with Gasteiger partial charge in [-0.25, -0.2) is 0 Å². The molecule has 0 spiro atoms.